The third kappa shape index (κ3) is 3.94. The van der Waals surface area contributed by atoms with Gasteiger partial charge in [-0.3, -0.25) is 4.79 Å². The fraction of sp³-hybridized carbons (Fsp3) is 0.222. The van der Waals surface area contributed by atoms with Gasteiger partial charge in [0.1, 0.15) is 0 Å². The van der Waals surface area contributed by atoms with E-state index in [-0.39, 0.29) is 11.3 Å². The van der Waals surface area contributed by atoms with Gasteiger partial charge in [0.15, 0.2) is 24.0 Å². The Morgan fingerprint density at radius 2 is 1.70 bits per heavy atom. The van der Waals surface area contributed by atoms with Gasteiger partial charge in [0.2, 0.25) is 0 Å². The molecule has 2 rings (SSSR count). The molecule has 0 saturated carbocycles. The number of esters is 1. The minimum absolute atomic E-state index is 0.0497. The number of hydrogen-bond donors (Lipinski definition) is 0. The smallest absolute Gasteiger partial charge is 0.338 e. The number of benzene rings is 2. The molecule has 0 atom stereocenters. The van der Waals surface area contributed by atoms with Gasteiger partial charge in [0.25, 0.3) is 0 Å². The second kappa shape index (κ2) is 7.05. The van der Waals surface area contributed by atoms with Gasteiger partial charge in [-0.25, -0.2) is 9.18 Å². The van der Waals surface area contributed by atoms with E-state index in [1.54, 1.807) is 12.1 Å². The molecule has 0 N–H and O–H groups in total. The highest BCUT2D eigenvalue weighted by molar-refractivity contribution is 5.99. The lowest BCUT2D eigenvalue weighted by molar-refractivity contribution is 0.0474. The molecule has 0 amide bonds. The van der Waals surface area contributed by atoms with E-state index in [0.29, 0.717) is 5.56 Å². The Morgan fingerprint density at radius 1 is 1.00 bits per heavy atom. The number of aryl methyl sites for hydroxylation is 2. The number of ether oxygens (including phenoxy) is 2. The molecule has 23 heavy (non-hydrogen) atoms. The third-order valence-corrected chi connectivity index (χ3v) is 3.55. The summed E-state index contributed by atoms with van der Waals surface area (Å²) in [6, 6.07) is 9.00. The van der Waals surface area contributed by atoms with Gasteiger partial charge in [-0.1, -0.05) is 6.07 Å². The Labute approximate surface area is 133 Å². The summed E-state index contributed by atoms with van der Waals surface area (Å²) in [6.45, 7) is 3.38. The Morgan fingerprint density at radius 3 is 2.30 bits per heavy atom. The van der Waals surface area contributed by atoms with Crippen LogP contribution in [-0.2, 0) is 4.74 Å². The van der Waals surface area contributed by atoms with E-state index < -0.39 is 24.2 Å². The fourth-order valence-corrected chi connectivity index (χ4v) is 2.01. The van der Waals surface area contributed by atoms with Crippen molar-refractivity contribution in [3.8, 4) is 5.75 Å². The molecule has 0 aliphatic carbocycles. The first-order valence-electron chi connectivity index (χ1n) is 7.03. The molecule has 0 fully saturated rings. The molecule has 0 bridgehead atoms. The minimum Gasteiger partial charge on any atom is -0.494 e. The predicted octanol–water partition coefficient (Wildman–Crippen LogP) is 3.49. The van der Waals surface area contributed by atoms with Crippen LogP contribution >= 0.6 is 0 Å². The quantitative estimate of drug-likeness (QED) is 0.626. The Kier molecular flexibility index (Phi) is 5.11. The molecule has 2 aromatic carbocycles. The van der Waals surface area contributed by atoms with E-state index in [0.717, 1.165) is 17.2 Å². The first kappa shape index (κ1) is 16.7. The summed E-state index contributed by atoms with van der Waals surface area (Å²) in [4.78, 5) is 23.9. The zero-order chi connectivity index (χ0) is 17.0. The van der Waals surface area contributed by atoms with Crippen molar-refractivity contribution >= 4 is 11.8 Å². The van der Waals surface area contributed by atoms with Crippen LogP contribution in [0, 0.1) is 19.7 Å². The molecular formula is C18H17FO4. The van der Waals surface area contributed by atoms with Crippen LogP contribution in [0.2, 0.25) is 0 Å². The highest BCUT2D eigenvalue weighted by Crippen LogP contribution is 2.18. The SMILES string of the molecule is COc1ccc(C(=O)COC(=O)c2ccc(C)c(C)c2)cc1F. The van der Waals surface area contributed by atoms with Crippen molar-refractivity contribution in [2.24, 2.45) is 0 Å². The van der Waals surface area contributed by atoms with Crippen LogP contribution < -0.4 is 4.74 Å². The number of methoxy groups -OCH3 is 1. The number of Topliss-reactive ketones (excluding diaryl/α,β-unsaturated/α-hetero) is 1. The van der Waals surface area contributed by atoms with Gasteiger partial charge in [-0.05, 0) is 55.3 Å². The van der Waals surface area contributed by atoms with Crippen LogP contribution in [0.3, 0.4) is 0 Å². The van der Waals surface area contributed by atoms with Crippen LogP contribution in [0.15, 0.2) is 36.4 Å². The fourth-order valence-electron chi connectivity index (χ4n) is 2.01. The summed E-state index contributed by atoms with van der Waals surface area (Å²) in [5, 5.41) is 0. The van der Waals surface area contributed by atoms with E-state index in [9.17, 15) is 14.0 Å². The first-order valence-corrected chi connectivity index (χ1v) is 7.03. The van der Waals surface area contributed by atoms with Gasteiger partial charge in [0.05, 0.1) is 12.7 Å². The van der Waals surface area contributed by atoms with Crippen molar-refractivity contribution in [1.29, 1.82) is 0 Å². The molecule has 120 valence electrons. The van der Waals surface area contributed by atoms with Crippen molar-refractivity contribution in [2.45, 2.75) is 13.8 Å². The number of hydrogen-bond acceptors (Lipinski definition) is 4. The van der Waals surface area contributed by atoms with E-state index >= 15 is 0 Å². The van der Waals surface area contributed by atoms with Crippen molar-refractivity contribution in [2.75, 3.05) is 13.7 Å². The molecule has 0 aliphatic heterocycles. The maximum atomic E-state index is 13.6. The van der Waals surface area contributed by atoms with Crippen LogP contribution in [-0.4, -0.2) is 25.5 Å². The number of carbonyl (C=O) groups excluding carboxylic acids is 2. The van der Waals surface area contributed by atoms with Gasteiger partial charge < -0.3 is 9.47 Å². The lowest BCUT2D eigenvalue weighted by Crippen LogP contribution is -2.14. The Bertz CT molecular complexity index is 753. The molecule has 0 heterocycles. The average Bonchev–Trinajstić information content (AvgIpc) is 2.54. The van der Waals surface area contributed by atoms with Crippen LogP contribution in [0.25, 0.3) is 0 Å². The molecule has 0 radical (unpaired) electrons. The van der Waals surface area contributed by atoms with Crippen LogP contribution in [0.5, 0.6) is 5.75 Å². The first-order chi connectivity index (χ1) is 10.9. The van der Waals surface area contributed by atoms with Crippen molar-refractivity contribution in [1.82, 2.24) is 0 Å². The predicted molar refractivity (Wildman–Crippen MR) is 83.5 cm³/mol. The summed E-state index contributed by atoms with van der Waals surface area (Å²) in [6.07, 6.45) is 0. The zero-order valence-electron chi connectivity index (χ0n) is 13.2. The molecule has 0 spiro atoms. The molecule has 0 aromatic heterocycles. The van der Waals surface area contributed by atoms with Gasteiger partial charge in [-0.15, -0.1) is 0 Å². The Hall–Kier alpha value is -2.69. The average molecular weight is 316 g/mol. The minimum atomic E-state index is -0.640. The molecule has 0 aliphatic rings. The molecule has 4 nitrogen and oxygen atoms in total. The maximum absolute atomic E-state index is 13.6. The summed E-state index contributed by atoms with van der Waals surface area (Å²) < 4.78 is 23.4. The van der Waals surface area contributed by atoms with E-state index in [1.165, 1.54) is 19.2 Å². The number of rotatable bonds is 5. The number of halogens is 1. The van der Waals surface area contributed by atoms with Crippen molar-refractivity contribution < 1.29 is 23.5 Å². The molecular weight excluding hydrogens is 299 g/mol. The highest BCUT2D eigenvalue weighted by atomic mass is 19.1. The third-order valence-electron chi connectivity index (χ3n) is 3.55. The second-order valence-corrected chi connectivity index (χ2v) is 5.15. The van der Waals surface area contributed by atoms with E-state index in [2.05, 4.69) is 0 Å². The lowest BCUT2D eigenvalue weighted by atomic mass is 10.1. The molecule has 0 saturated heterocycles. The Balaban J connectivity index is 2.02. The zero-order valence-corrected chi connectivity index (χ0v) is 13.2. The van der Waals surface area contributed by atoms with Gasteiger partial charge in [0, 0.05) is 5.56 Å². The number of ketones is 1. The largest absolute Gasteiger partial charge is 0.494 e. The highest BCUT2D eigenvalue weighted by Gasteiger charge is 2.14. The molecule has 2 aromatic rings. The summed E-state index contributed by atoms with van der Waals surface area (Å²) in [7, 11) is 1.34. The summed E-state index contributed by atoms with van der Waals surface area (Å²) in [5.41, 5.74) is 2.52. The van der Waals surface area contributed by atoms with Gasteiger partial charge in [-0.2, -0.15) is 0 Å². The topological polar surface area (TPSA) is 52.6 Å². The summed E-state index contributed by atoms with van der Waals surface area (Å²) in [5.74, 6) is -1.66. The monoisotopic (exact) mass is 316 g/mol. The van der Waals surface area contributed by atoms with Crippen molar-refractivity contribution in [3.63, 3.8) is 0 Å². The van der Waals surface area contributed by atoms with E-state index in [1.807, 2.05) is 19.9 Å². The number of carbonyl (C=O) groups is 2. The van der Waals surface area contributed by atoms with Gasteiger partial charge >= 0.3 is 5.97 Å². The normalized spacial score (nSPS) is 10.3. The lowest BCUT2D eigenvalue weighted by Gasteiger charge is -2.07. The van der Waals surface area contributed by atoms with E-state index in [4.69, 9.17) is 9.47 Å². The van der Waals surface area contributed by atoms with Crippen molar-refractivity contribution in [3.05, 3.63) is 64.5 Å². The standard InChI is InChI=1S/C18H17FO4/c1-11-4-5-14(8-12(11)2)18(21)23-10-16(20)13-6-7-17(22-3)15(19)9-13/h4-9H,10H2,1-3H3. The summed E-state index contributed by atoms with van der Waals surface area (Å²) >= 11 is 0. The van der Waals surface area contributed by atoms with Crippen LogP contribution in [0.1, 0.15) is 31.8 Å². The molecule has 0 unspecified atom stereocenters. The maximum Gasteiger partial charge on any atom is 0.338 e. The molecule has 5 heteroatoms. The second-order valence-electron chi connectivity index (χ2n) is 5.15. The van der Waals surface area contributed by atoms with Crippen LogP contribution in [0.4, 0.5) is 4.39 Å².